The second kappa shape index (κ2) is 12.9. The number of carbonyl (C=O) groups is 2. The minimum Gasteiger partial charge on any atom is -0.467 e. The number of hydrogen-bond acceptors (Lipinski definition) is 5. The van der Waals surface area contributed by atoms with Crippen LogP contribution in [0.25, 0.3) is 10.9 Å². The molecule has 1 atom stereocenters. The maximum Gasteiger partial charge on any atom is 0.416 e. The first-order valence-corrected chi connectivity index (χ1v) is 15.2. The molecule has 0 radical (unpaired) electrons. The number of halogens is 3. The Morgan fingerprint density at radius 3 is 2.36 bits per heavy atom. The summed E-state index contributed by atoms with van der Waals surface area (Å²) in [4.78, 5) is 28.8. The molecule has 5 aromatic rings. The molecule has 5 rings (SSSR count). The van der Waals surface area contributed by atoms with E-state index in [1.54, 1.807) is 36.5 Å². The number of esters is 1. The SMILES string of the molecule is COC(=O)C(Cc1c[nH]c2ccccc12)NC(=O)c1cccc(S(=O)(=O)N(Cc2ccccc2)c2cccc(C(F)(F)F)c2)c1. The Balaban J connectivity index is 1.46. The van der Waals surface area contributed by atoms with Crippen LogP contribution in [-0.4, -0.2) is 38.4 Å². The van der Waals surface area contributed by atoms with Gasteiger partial charge in [-0.3, -0.25) is 9.10 Å². The maximum atomic E-state index is 14.0. The summed E-state index contributed by atoms with van der Waals surface area (Å²) in [7, 11) is -3.30. The molecule has 12 heteroatoms. The highest BCUT2D eigenvalue weighted by Gasteiger charge is 2.33. The van der Waals surface area contributed by atoms with Crippen molar-refractivity contribution in [2.75, 3.05) is 11.4 Å². The predicted molar refractivity (Wildman–Crippen MR) is 163 cm³/mol. The molecule has 0 saturated carbocycles. The van der Waals surface area contributed by atoms with Gasteiger partial charge in [-0.05, 0) is 53.6 Å². The number of carbonyl (C=O) groups excluding carboxylic acids is 2. The van der Waals surface area contributed by atoms with Gasteiger partial charge >= 0.3 is 12.1 Å². The molecule has 1 unspecified atom stereocenters. The number of aromatic nitrogens is 1. The van der Waals surface area contributed by atoms with Gasteiger partial charge in [-0.1, -0.05) is 60.7 Å². The minimum absolute atomic E-state index is 0.0763. The summed E-state index contributed by atoms with van der Waals surface area (Å²) in [5, 5.41) is 3.49. The molecule has 45 heavy (non-hydrogen) atoms. The van der Waals surface area contributed by atoms with Gasteiger partial charge < -0.3 is 15.0 Å². The maximum absolute atomic E-state index is 14.0. The van der Waals surface area contributed by atoms with Crippen molar-refractivity contribution in [3.05, 3.63) is 132 Å². The molecule has 0 bridgehead atoms. The van der Waals surface area contributed by atoms with Crippen molar-refractivity contribution in [3.63, 3.8) is 0 Å². The molecule has 0 aliphatic rings. The van der Waals surface area contributed by atoms with Crippen molar-refractivity contribution in [2.45, 2.75) is 30.1 Å². The van der Waals surface area contributed by atoms with E-state index >= 15 is 0 Å². The van der Waals surface area contributed by atoms with E-state index in [-0.39, 0.29) is 29.1 Å². The Bertz CT molecular complexity index is 1940. The van der Waals surface area contributed by atoms with Crippen LogP contribution in [0.3, 0.4) is 0 Å². The first kappa shape index (κ1) is 31.3. The zero-order valence-corrected chi connectivity index (χ0v) is 24.7. The van der Waals surface area contributed by atoms with E-state index in [2.05, 4.69) is 10.3 Å². The number of hydrogen-bond donors (Lipinski definition) is 2. The number of alkyl halides is 3. The quantitative estimate of drug-likeness (QED) is 0.181. The van der Waals surface area contributed by atoms with Gasteiger partial charge in [0.25, 0.3) is 15.9 Å². The van der Waals surface area contributed by atoms with E-state index in [4.69, 9.17) is 4.74 Å². The zero-order valence-electron chi connectivity index (χ0n) is 23.9. The summed E-state index contributed by atoms with van der Waals surface area (Å²) in [6.07, 6.45) is -2.87. The molecule has 1 aromatic heterocycles. The van der Waals surface area contributed by atoms with E-state index in [1.807, 2.05) is 24.3 Å². The van der Waals surface area contributed by atoms with Crippen LogP contribution in [0.5, 0.6) is 0 Å². The van der Waals surface area contributed by atoms with Crippen LogP contribution in [-0.2, 0) is 38.7 Å². The summed E-state index contributed by atoms with van der Waals surface area (Å²) in [6, 6.07) is 23.9. The third-order valence-corrected chi connectivity index (χ3v) is 8.97. The topological polar surface area (TPSA) is 109 Å². The molecular formula is C33H28F3N3O5S. The summed E-state index contributed by atoms with van der Waals surface area (Å²) in [6.45, 7) is -0.268. The van der Waals surface area contributed by atoms with Crippen molar-refractivity contribution < 1.29 is 35.9 Å². The van der Waals surface area contributed by atoms with E-state index in [9.17, 15) is 31.2 Å². The fourth-order valence-corrected chi connectivity index (χ4v) is 6.42. The van der Waals surface area contributed by atoms with Crippen LogP contribution in [0.1, 0.15) is 27.0 Å². The highest BCUT2D eigenvalue weighted by Crippen LogP contribution is 2.34. The molecule has 1 amide bonds. The Kier molecular flexibility index (Phi) is 8.96. The van der Waals surface area contributed by atoms with Crippen molar-refractivity contribution in [1.29, 1.82) is 0 Å². The Morgan fingerprint density at radius 1 is 0.911 bits per heavy atom. The largest absolute Gasteiger partial charge is 0.467 e. The third kappa shape index (κ3) is 7.01. The molecule has 8 nitrogen and oxygen atoms in total. The normalized spacial score (nSPS) is 12.4. The number of methoxy groups -OCH3 is 1. The van der Waals surface area contributed by atoms with Gasteiger partial charge in [-0.25, -0.2) is 13.2 Å². The van der Waals surface area contributed by atoms with Crippen LogP contribution < -0.4 is 9.62 Å². The molecule has 0 saturated heterocycles. The lowest BCUT2D eigenvalue weighted by atomic mass is 10.0. The fourth-order valence-electron chi connectivity index (χ4n) is 4.92. The number of nitrogens with one attached hydrogen (secondary N) is 2. The van der Waals surface area contributed by atoms with Gasteiger partial charge in [0.15, 0.2) is 0 Å². The number of rotatable bonds is 10. The van der Waals surface area contributed by atoms with Gasteiger partial charge in [-0.2, -0.15) is 13.2 Å². The first-order valence-electron chi connectivity index (χ1n) is 13.7. The number of fused-ring (bicyclic) bond motifs is 1. The van der Waals surface area contributed by atoms with Crippen LogP contribution in [0.15, 0.2) is 114 Å². The number of sulfonamides is 1. The lowest BCUT2D eigenvalue weighted by Gasteiger charge is -2.26. The van der Waals surface area contributed by atoms with E-state index < -0.39 is 39.7 Å². The van der Waals surface area contributed by atoms with Crippen LogP contribution in [0, 0.1) is 0 Å². The summed E-state index contributed by atoms with van der Waals surface area (Å²) in [5.41, 5.74) is 0.855. The third-order valence-electron chi connectivity index (χ3n) is 7.20. The van der Waals surface area contributed by atoms with Crippen molar-refractivity contribution in [2.24, 2.45) is 0 Å². The molecule has 1 heterocycles. The van der Waals surface area contributed by atoms with Crippen LogP contribution >= 0.6 is 0 Å². The monoisotopic (exact) mass is 635 g/mol. The lowest BCUT2D eigenvalue weighted by molar-refractivity contribution is -0.142. The molecule has 2 N–H and O–H groups in total. The molecule has 4 aromatic carbocycles. The summed E-state index contributed by atoms with van der Waals surface area (Å²) in [5.74, 6) is -1.44. The number of H-pyrrole nitrogens is 1. The number of benzene rings is 4. The smallest absolute Gasteiger partial charge is 0.416 e. The van der Waals surface area contributed by atoms with Gasteiger partial charge in [0, 0.05) is 29.1 Å². The predicted octanol–water partition coefficient (Wildman–Crippen LogP) is 6.10. The molecule has 0 aliphatic carbocycles. The molecule has 0 fully saturated rings. The van der Waals surface area contributed by atoms with Crippen molar-refractivity contribution in [3.8, 4) is 0 Å². The average molecular weight is 636 g/mol. The number of aromatic amines is 1. The van der Waals surface area contributed by atoms with Crippen molar-refractivity contribution in [1.82, 2.24) is 10.3 Å². The Labute approximate surface area is 257 Å². The highest BCUT2D eigenvalue weighted by atomic mass is 32.2. The van der Waals surface area contributed by atoms with Gasteiger partial charge in [0.05, 0.1) is 29.8 Å². The van der Waals surface area contributed by atoms with E-state index in [0.29, 0.717) is 5.56 Å². The fraction of sp³-hybridized carbons (Fsp3) is 0.152. The Hall–Kier alpha value is -5.10. The van der Waals surface area contributed by atoms with Gasteiger partial charge in [0.1, 0.15) is 6.04 Å². The standard InChI is InChI=1S/C33H28F3N3O5S/c1-44-32(41)30(18-24-20-37-29-16-6-5-15-28(24)29)38-31(40)23-11-7-14-27(17-23)45(42,43)39(21-22-9-3-2-4-10-22)26-13-8-12-25(19-26)33(34,35)36/h2-17,19-20,30,37H,18,21H2,1H3,(H,38,40). The first-order chi connectivity index (χ1) is 21.5. The molecular weight excluding hydrogens is 607 g/mol. The van der Waals surface area contributed by atoms with Crippen LogP contribution in [0.4, 0.5) is 18.9 Å². The molecule has 0 aliphatic heterocycles. The Morgan fingerprint density at radius 2 is 1.62 bits per heavy atom. The lowest BCUT2D eigenvalue weighted by Crippen LogP contribution is -2.43. The number of para-hydroxylation sites is 1. The molecule has 0 spiro atoms. The number of ether oxygens (including phenoxy) is 1. The summed E-state index contributed by atoms with van der Waals surface area (Å²) >= 11 is 0. The number of nitrogens with zero attached hydrogens (tertiary/aromatic N) is 1. The number of amides is 1. The van der Waals surface area contributed by atoms with Crippen LogP contribution in [0.2, 0.25) is 0 Å². The second-order valence-electron chi connectivity index (χ2n) is 10.2. The minimum atomic E-state index is -4.70. The zero-order chi connectivity index (χ0) is 32.2. The van der Waals surface area contributed by atoms with E-state index in [1.165, 1.54) is 31.4 Å². The van der Waals surface area contributed by atoms with E-state index in [0.717, 1.165) is 45.0 Å². The average Bonchev–Trinajstić information content (AvgIpc) is 3.45. The highest BCUT2D eigenvalue weighted by molar-refractivity contribution is 7.92. The summed E-state index contributed by atoms with van der Waals surface area (Å²) < 4.78 is 74.5. The number of anilines is 1. The van der Waals surface area contributed by atoms with Gasteiger partial charge in [0.2, 0.25) is 0 Å². The van der Waals surface area contributed by atoms with Crippen molar-refractivity contribution >= 4 is 38.5 Å². The molecule has 232 valence electrons. The second-order valence-corrected chi connectivity index (χ2v) is 12.0. The van der Waals surface area contributed by atoms with Gasteiger partial charge in [-0.15, -0.1) is 0 Å².